The van der Waals surface area contributed by atoms with E-state index in [-0.39, 0.29) is 23.8 Å². The lowest BCUT2D eigenvalue weighted by Gasteiger charge is -2.35. The van der Waals surface area contributed by atoms with Crippen molar-refractivity contribution in [2.75, 3.05) is 32.7 Å². The second kappa shape index (κ2) is 7.96. The van der Waals surface area contributed by atoms with Crippen LogP contribution in [0.2, 0.25) is 0 Å². The minimum atomic E-state index is -0.138. The van der Waals surface area contributed by atoms with Gasteiger partial charge in [-0.2, -0.15) is 0 Å². The minimum Gasteiger partial charge on any atom is -0.339 e. The van der Waals surface area contributed by atoms with Crippen molar-refractivity contribution in [3.63, 3.8) is 0 Å². The van der Waals surface area contributed by atoms with E-state index >= 15 is 0 Å². The third-order valence-corrected chi connectivity index (χ3v) is 6.95. The Morgan fingerprint density at radius 1 is 1.13 bits per heavy atom. The molecule has 0 aliphatic carbocycles. The first-order chi connectivity index (χ1) is 14.2. The van der Waals surface area contributed by atoms with Crippen LogP contribution in [0.25, 0.3) is 5.70 Å². The molecular formula is C23H28N4O2S. The maximum absolute atomic E-state index is 12.8. The van der Waals surface area contributed by atoms with E-state index in [1.807, 2.05) is 23.1 Å². The second-order valence-corrected chi connectivity index (χ2v) is 9.79. The number of hydrogen-bond donors (Lipinski definition) is 0. The molecule has 0 N–H and O–H groups in total. The average molecular weight is 425 g/mol. The third-order valence-electron chi connectivity index (χ3n) is 5.64. The van der Waals surface area contributed by atoms with Gasteiger partial charge in [-0.15, -0.1) is 11.3 Å². The Labute approximate surface area is 181 Å². The van der Waals surface area contributed by atoms with Crippen LogP contribution in [0.4, 0.5) is 0 Å². The van der Waals surface area contributed by atoms with Crippen LogP contribution in [0.3, 0.4) is 0 Å². The third kappa shape index (κ3) is 4.04. The lowest BCUT2D eigenvalue weighted by atomic mass is 9.98. The summed E-state index contributed by atoms with van der Waals surface area (Å²) >= 11 is 1.72. The molecule has 3 heterocycles. The molecule has 0 saturated carbocycles. The molecule has 1 aromatic heterocycles. The van der Waals surface area contributed by atoms with Crippen molar-refractivity contribution in [3.05, 3.63) is 58.1 Å². The van der Waals surface area contributed by atoms with Crippen molar-refractivity contribution in [1.82, 2.24) is 19.7 Å². The SMILES string of the molecule is C=C1c2ccccc2C(=O)N1CC(=O)N1CCN(Cc2csc(C(C)(C)C)n2)CC1. The molecule has 158 valence electrons. The summed E-state index contributed by atoms with van der Waals surface area (Å²) < 4.78 is 0. The van der Waals surface area contributed by atoms with Gasteiger partial charge in [0.15, 0.2) is 0 Å². The molecule has 0 spiro atoms. The van der Waals surface area contributed by atoms with Crippen LogP contribution in [-0.2, 0) is 16.8 Å². The Balaban J connectivity index is 1.30. The zero-order valence-corrected chi connectivity index (χ0v) is 18.7. The van der Waals surface area contributed by atoms with Crippen LogP contribution >= 0.6 is 11.3 Å². The Morgan fingerprint density at radius 2 is 1.80 bits per heavy atom. The molecule has 0 bridgehead atoms. The molecule has 0 atom stereocenters. The molecule has 30 heavy (non-hydrogen) atoms. The van der Waals surface area contributed by atoms with Crippen molar-refractivity contribution in [2.45, 2.75) is 32.7 Å². The van der Waals surface area contributed by atoms with E-state index in [0.29, 0.717) is 24.4 Å². The molecule has 0 radical (unpaired) electrons. The van der Waals surface area contributed by atoms with Crippen molar-refractivity contribution < 1.29 is 9.59 Å². The number of rotatable bonds is 4. The fourth-order valence-corrected chi connectivity index (χ4v) is 4.74. The largest absolute Gasteiger partial charge is 0.339 e. The van der Waals surface area contributed by atoms with Gasteiger partial charge in [0.1, 0.15) is 6.54 Å². The summed E-state index contributed by atoms with van der Waals surface area (Å²) in [7, 11) is 0. The lowest BCUT2D eigenvalue weighted by Crippen LogP contribution is -2.50. The quantitative estimate of drug-likeness (QED) is 0.756. The number of thiazole rings is 1. The molecule has 4 rings (SSSR count). The van der Waals surface area contributed by atoms with Crippen molar-refractivity contribution in [1.29, 1.82) is 0 Å². The molecule has 2 amide bonds. The van der Waals surface area contributed by atoms with Crippen LogP contribution in [0.15, 0.2) is 36.2 Å². The van der Waals surface area contributed by atoms with Crippen LogP contribution in [0.1, 0.15) is 47.4 Å². The number of amides is 2. The monoisotopic (exact) mass is 424 g/mol. The predicted octanol–water partition coefficient (Wildman–Crippen LogP) is 3.21. The number of benzene rings is 1. The van der Waals surface area contributed by atoms with Crippen molar-refractivity contribution in [2.24, 2.45) is 0 Å². The average Bonchev–Trinajstić information content (AvgIpc) is 3.28. The minimum absolute atomic E-state index is 0.0272. The van der Waals surface area contributed by atoms with E-state index in [9.17, 15) is 9.59 Å². The molecule has 2 aromatic rings. The highest BCUT2D eigenvalue weighted by Gasteiger charge is 2.33. The summed E-state index contributed by atoms with van der Waals surface area (Å²) in [5.74, 6) is -0.165. The van der Waals surface area contributed by atoms with Gasteiger partial charge in [0.05, 0.1) is 10.7 Å². The maximum Gasteiger partial charge on any atom is 0.259 e. The summed E-state index contributed by atoms with van der Waals surface area (Å²) in [5.41, 5.74) is 3.23. The Morgan fingerprint density at radius 3 is 2.40 bits per heavy atom. The van der Waals surface area contributed by atoms with Crippen LogP contribution in [0, 0.1) is 0 Å². The van der Waals surface area contributed by atoms with Gasteiger partial charge in [-0.1, -0.05) is 45.5 Å². The van der Waals surface area contributed by atoms with Crippen LogP contribution < -0.4 is 0 Å². The summed E-state index contributed by atoms with van der Waals surface area (Å²) in [4.78, 5) is 35.9. The van der Waals surface area contributed by atoms with Gasteiger partial charge in [0.2, 0.25) is 5.91 Å². The number of nitrogens with zero attached hydrogens (tertiary/aromatic N) is 4. The van der Waals surface area contributed by atoms with E-state index in [4.69, 9.17) is 4.98 Å². The molecule has 2 aliphatic heterocycles. The highest BCUT2D eigenvalue weighted by Crippen LogP contribution is 2.31. The standard InChI is InChI=1S/C23H28N4O2S/c1-16-18-7-5-6-8-19(18)21(29)27(16)14-20(28)26-11-9-25(10-12-26)13-17-15-30-22(24-17)23(2,3)4/h5-8,15H,1,9-14H2,2-4H3. The van der Waals surface area contributed by atoms with E-state index in [2.05, 4.69) is 37.6 Å². The van der Waals surface area contributed by atoms with Crippen molar-refractivity contribution in [3.8, 4) is 0 Å². The number of fused-ring (bicyclic) bond motifs is 1. The van der Waals surface area contributed by atoms with E-state index in [1.165, 1.54) is 4.90 Å². The molecule has 1 aromatic carbocycles. The van der Waals surface area contributed by atoms with Gasteiger partial charge in [-0.05, 0) is 6.07 Å². The fourth-order valence-electron chi connectivity index (χ4n) is 3.85. The zero-order valence-electron chi connectivity index (χ0n) is 17.9. The van der Waals surface area contributed by atoms with Gasteiger partial charge < -0.3 is 4.90 Å². The van der Waals surface area contributed by atoms with E-state index in [0.717, 1.165) is 35.9 Å². The highest BCUT2D eigenvalue weighted by atomic mass is 32.1. The van der Waals surface area contributed by atoms with Crippen LogP contribution in [-0.4, -0.2) is 64.2 Å². The van der Waals surface area contributed by atoms with E-state index < -0.39 is 0 Å². The first kappa shape index (κ1) is 20.8. The summed E-state index contributed by atoms with van der Waals surface area (Å²) in [6.45, 7) is 14.4. The molecule has 1 fully saturated rings. The van der Waals surface area contributed by atoms with Gasteiger partial charge >= 0.3 is 0 Å². The molecule has 6 nitrogen and oxygen atoms in total. The lowest BCUT2D eigenvalue weighted by molar-refractivity contribution is -0.133. The predicted molar refractivity (Wildman–Crippen MR) is 119 cm³/mol. The van der Waals surface area contributed by atoms with Gasteiger partial charge in [-0.3, -0.25) is 19.4 Å². The highest BCUT2D eigenvalue weighted by molar-refractivity contribution is 7.09. The number of piperazine rings is 1. The summed E-state index contributed by atoms with van der Waals surface area (Å²) in [6, 6.07) is 7.38. The molecule has 0 unspecified atom stereocenters. The van der Waals surface area contributed by atoms with Crippen LogP contribution in [0.5, 0.6) is 0 Å². The topological polar surface area (TPSA) is 56.8 Å². The number of hydrogen-bond acceptors (Lipinski definition) is 5. The van der Waals surface area contributed by atoms with Gasteiger partial charge in [0, 0.05) is 60.3 Å². The molecule has 7 heteroatoms. The maximum atomic E-state index is 12.8. The second-order valence-electron chi connectivity index (χ2n) is 8.93. The van der Waals surface area contributed by atoms with Crippen molar-refractivity contribution >= 4 is 28.8 Å². The Hall–Kier alpha value is -2.51. The normalized spacial score (nSPS) is 17.6. The number of carbonyl (C=O) groups excluding carboxylic acids is 2. The smallest absolute Gasteiger partial charge is 0.259 e. The van der Waals surface area contributed by atoms with E-state index in [1.54, 1.807) is 17.4 Å². The van der Waals surface area contributed by atoms with Gasteiger partial charge in [0.25, 0.3) is 5.91 Å². The fraction of sp³-hybridized carbons (Fsp3) is 0.435. The Kier molecular flexibility index (Phi) is 5.51. The summed E-state index contributed by atoms with van der Waals surface area (Å²) in [6.07, 6.45) is 0. The zero-order chi connectivity index (χ0) is 21.5. The van der Waals surface area contributed by atoms with Gasteiger partial charge in [-0.25, -0.2) is 4.98 Å². The molecule has 2 aliphatic rings. The Bertz CT molecular complexity index is 948. The number of aromatic nitrogens is 1. The summed E-state index contributed by atoms with van der Waals surface area (Å²) in [5, 5.41) is 3.29. The number of carbonyl (C=O) groups is 2. The first-order valence-electron chi connectivity index (χ1n) is 10.3. The molecule has 1 saturated heterocycles. The molecular weight excluding hydrogens is 396 g/mol. The first-order valence-corrected chi connectivity index (χ1v) is 11.2.